The number of rotatable bonds is 2. The molecule has 0 aliphatic heterocycles. The number of hydrogen-bond donors (Lipinski definition) is 1. The second kappa shape index (κ2) is 4.11. The van der Waals surface area contributed by atoms with Gasteiger partial charge in [0.25, 0.3) is 0 Å². The van der Waals surface area contributed by atoms with Crippen molar-refractivity contribution in [3.63, 3.8) is 0 Å². The van der Waals surface area contributed by atoms with Crippen LogP contribution in [0.25, 0.3) is 0 Å². The molecule has 1 heteroatoms. The van der Waals surface area contributed by atoms with Gasteiger partial charge in [-0.2, -0.15) is 0 Å². The van der Waals surface area contributed by atoms with Crippen LogP contribution in [0.5, 0.6) is 0 Å². The molecule has 0 aromatic heterocycles. The molecule has 2 N–H and O–H groups in total. The Hall–Kier alpha value is -1.26. The SMILES string of the molecule is C#CC(N)Cc1cc(C)ccc1C. The lowest BCUT2D eigenvalue weighted by Gasteiger charge is -2.08. The van der Waals surface area contributed by atoms with Gasteiger partial charge in [0.2, 0.25) is 0 Å². The summed E-state index contributed by atoms with van der Waals surface area (Å²) in [4.78, 5) is 0. The predicted octanol–water partition coefficient (Wildman–Crippen LogP) is 1.81. The molecule has 68 valence electrons. The molecule has 1 atom stereocenters. The highest BCUT2D eigenvalue weighted by Gasteiger charge is 2.03. The maximum atomic E-state index is 5.69. The molecular weight excluding hydrogens is 158 g/mol. The zero-order valence-corrected chi connectivity index (χ0v) is 8.17. The second-order valence-corrected chi connectivity index (χ2v) is 3.41. The van der Waals surface area contributed by atoms with Gasteiger partial charge in [0, 0.05) is 0 Å². The topological polar surface area (TPSA) is 26.0 Å². The standard InChI is InChI=1S/C12H15N/c1-4-12(13)8-11-7-9(2)5-6-10(11)3/h1,5-7,12H,8,13H2,2-3H3. The number of aryl methyl sites for hydroxylation is 2. The van der Waals surface area contributed by atoms with E-state index in [0.29, 0.717) is 0 Å². The predicted molar refractivity (Wildman–Crippen MR) is 56.4 cm³/mol. The van der Waals surface area contributed by atoms with Gasteiger partial charge in [-0.3, -0.25) is 0 Å². The molecule has 1 aromatic carbocycles. The molecule has 0 spiro atoms. The Balaban J connectivity index is 2.88. The molecule has 0 aliphatic rings. The van der Waals surface area contributed by atoms with Crippen LogP contribution in [0.2, 0.25) is 0 Å². The van der Waals surface area contributed by atoms with Crippen molar-refractivity contribution in [3.8, 4) is 12.3 Å². The fourth-order valence-corrected chi connectivity index (χ4v) is 1.32. The maximum Gasteiger partial charge on any atom is 0.0702 e. The average molecular weight is 173 g/mol. The van der Waals surface area contributed by atoms with Gasteiger partial charge in [0.1, 0.15) is 0 Å². The average Bonchev–Trinajstić information content (AvgIpc) is 2.11. The summed E-state index contributed by atoms with van der Waals surface area (Å²) >= 11 is 0. The van der Waals surface area contributed by atoms with Crippen molar-refractivity contribution >= 4 is 0 Å². The summed E-state index contributed by atoms with van der Waals surface area (Å²) in [6.45, 7) is 4.16. The number of nitrogens with two attached hydrogens (primary N) is 1. The summed E-state index contributed by atoms with van der Waals surface area (Å²) in [6, 6.07) is 6.18. The fraction of sp³-hybridized carbons (Fsp3) is 0.333. The third-order valence-electron chi connectivity index (χ3n) is 2.16. The highest BCUT2D eigenvalue weighted by molar-refractivity contribution is 5.31. The molecule has 0 radical (unpaired) electrons. The molecule has 1 rings (SSSR count). The van der Waals surface area contributed by atoms with E-state index in [1.807, 2.05) is 0 Å². The summed E-state index contributed by atoms with van der Waals surface area (Å²) in [7, 11) is 0. The molecule has 0 saturated heterocycles. The van der Waals surface area contributed by atoms with E-state index >= 15 is 0 Å². The molecule has 1 unspecified atom stereocenters. The van der Waals surface area contributed by atoms with E-state index in [2.05, 4.69) is 38.0 Å². The van der Waals surface area contributed by atoms with Crippen molar-refractivity contribution in [2.75, 3.05) is 0 Å². The molecule has 0 amide bonds. The van der Waals surface area contributed by atoms with Gasteiger partial charge in [-0.1, -0.05) is 29.7 Å². The summed E-state index contributed by atoms with van der Waals surface area (Å²) in [6.07, 6.45) is 6.00. The van der Waals surface area contributed by atoms with Crippen molar-refractivity contribution in [2.45, 2.75) is 26.3 Å². The van der Waals surface area contributed by atoms with Crippen LogP contribution < -0.4 is 5.73 Å². The minimum absolute atomic E-state index is 0.166. The number of benzene rings is 1. The Morgan fingerprint density at radius 2 is 2.15 bits per heavy atom. The first-order chi connectivity index (χ1) is 6.13. The smallest absolute Gasteiger partial charge is 0.0702 e. The van der Waals surface area contributed by atoms with E-state index in [4.69, 9.17) is 12.2 Å². The van der Waals surface area contributed by atoms with Crippen LogP contribution >= 0.6 is 0 Å². The maximum absolute atomic E-state index is 5.69. The first kappa shape index (κ1) is 9.83. The van der Waals surface area contributed by atoms with Crippen molar-refractivity contribution in [1.82, 2.24) is 0 Å². The van der Waals surface area contributed by atoms with Crippen molar-refractivity contribution in [3.05, 3.63) is 34.9 Å². The molecule has 1 nitrogen and oxygen atoms in total. The molecule has 1 aromatic rings. The lowest BCUT2D eigenvalue weighted by Crippen LogP contribution is -2.20. The van der Waals surface area contributed by atoms with Gasteiger partial charge >= 0.3 is 0 Å². The molecule has 13 heavy (non-hydrogen) atoms. The van der Waals surface area contributed by atoms with E-state index in [9.17, 15) is 0 Å². The Labute approximate surface area is 80.0 Å². The highest BCUT2D eigenvalue weighted by Crippen LogP contribution is 2.11. The van der Waals surface area contributed by atoms with Crippen LogP contribution in [0, 0.1) is 26.2 Å². The van der Waals surface area contributed by atoms with Crippen LogP contribution in [0.15, 0.2) is 18.2 Å². The van der Waals surface area contributed by atoms with E-state index in [0.717, 1.165) is 6.42 Å². The zero-order chi connectivity index (χ0) is 9.84. The Kier molecular flexibility index (Phi) is 3.11. The van der Waals surface area contributed by atoms with E-state index in [1.165, 1.54) is 16.7 Å². The second-order valence-electron chi connectivity index (χ2n) is 3.41. The van der Waals surface area contributed by atoms with E-state index in [1.54, 1.807) is 0 Å². The third-order valence-corrected chi connectivity index (χ3v) is 2.16. The normalized spacial score (nSPS) is 12.2. The third kappa shape index (κ3) is 2.61. The van der Waals surface area contributed by atoms with Crippen LogP contribution in [0.3, 0.4) is 0 Å². The van der Waals surface area contributed by atoms with Gasteiger partial charge in [-0.25, -0.2) is 0 Å². The number of hydrogen-bond acceptors (Lipinski definition) is 1. The van der Waals surface area contributed by atoms with Gasteiger partial charge in [-0.15, -0.1) is 6.42 Å². The summed E-state index contributed by atoms with van der Waals surface area (Å²) < 4.78 is 0. The summed E-state index contributed by atoms with van der Waals surface area (Å²) in [5.41, 5.74) is 9.46. The van der Waals surface area contributed by atoms with Crippen molar-refractivity contribution < 1.29 is 0 Å². The Morgan fingerprint density at radius 1 is 1.46 bits per heavy atom. The van der Waals surface area contributed by atoms with E-state index < -0.39 is 0 Å². The summed E-state index contributed by atoms with van der Waals surface area (Å²) in [5.74, 6) is 2.54. The highest BCUT2D eigenvalue weighted by atomic mass is 14.6. The minimum Gasteiger partial charge on any atom is -0.317 e. The monoisotopic (exact) mass is 173 g/mol. The van der Waals surface area contributed by atoms with Gasteiger partial charge in [0.05, 0.1) is 6.04 Å². The molecule has 0 saturated carbocycles. The first-order valence-electron chi connectivity index (χ1n) is 4.41. The quantitative estimate of drug-likeness (QED) is 0.678. The Morgan fingerprint density at radius 3 is 2.77 bits per heavy atom. The Bertz CT molecular complexity index is 333. The molecule has 0 fully saturated rings. The molecule has 0 bridgehead atoms. The lowest BCUT2D eigenvalue weighted by molar-refractivity contribution is 0.829. The number of terminal acetylenes is 1. The van der Waals surface area contributed by atoms with Gasteiger partial charge < -0.3 is 5.73 Å². The van der Waals surface area contributed by atoms with Crippen LogP contribution in [0.1, 0.15) is 16.7 Å². The lowest BCUT2D eigenvalue weighted by atomic mass is 10.00. The molecular formula is C12H15N. The van der Waals surface area contributed by atoms with E-state index in [-0.39, 0.29) is 6.04 Å². The van der Waals surface area contributed by atoms with Crippen LogP contribution in [0.4, 0.5) is 0 Å². The molecule has 0 aliphatic carbocycles. The minimum atomic E-state index is -0.166. The van der Waals surface area contributed by atoms with Crippen molar-refractivity contribution in [2.24, 2.45) is 5.73 Å². The zero-order valence-electron chi connectivity index (χ0n) is 8.17. The van der Waals surface area contributed by atoms with Gasteiger partial charge in [-0.05, 0) is 31.4 Å². The summed E-state index contributed by atoms with van der Waals surface area (Å²) in [5, 5.41) is 0. The van der Waals surface area contributed by atoms with Gasteiger partial charge in [0.15, 0.2) is 0 Å². The van der Waals surface area contributed by atoms with Crippen molar-refractivity contribution in [1.29, 1.82) is 0 Å². The fourth-order valence-electron chi connectivity index (χ4n) is 1.32. The largest absolute Gasteiger partial charge is 0.317 e. The molecule has 0 heterocycles. The van der Waals surface area contributed by atoms with Crippen LogP contribution in [-0.2, 0) is 6.42 Å². The first-order valence-corrected chi connectivity index (χ1v) is 4.41. The van der Waals surface area contributed by atoms with Crippen LogP contribution in [-0.4, -0.2) is 6.04 Å².